The number of rotatable bonds is 7. The summed E-state index contributed by atoms with van der Waals surface area (Å²) in [7, 11) is 0. The lowest BCUT2D eigenvalue weighted by Crippen LogP contribution is -2.42. The Labute approximate surface area is 233 Å². The van der Waals surface area contributed by atoms with Crippen molar-refractivity contribution in [1.82, 2.24) is 14.9 Å². The Bertz CT molecular complexity index is 1540. The molecular weight excluding hydrogens is 506 g/mol. The smallest absolute Gasteiger partial charge is 0.269 e. The summed E-state index contributed by atoms with van der Waals surface area (Å²) in [4.78, 5) is 37.7. The quantitative estimate of drug-likeness (QED) is 0.214. The molecule has 1 aliphatic heterocycles. The van der Waals surface area contributed by atoms with Gasteiger partial charge in [-0.25, -0.2) is 9.97 Å². The zero-order valence-electron chi connectivity index (χ0n) is 22.7. The molecule has 9 nitrogen and oxygen atoms in total. The van der Waals surface area contributed by atoms with E-state index in [9.17, 15) is 14.9 Å². The second kappa shape index (κ2) is 11.2. The number of non-ortho nitro benzene ring substituents is 1. The molecule has 0 N–H and O–H groups in total. The largest absolute Gasteiger partial charge is 0.464 e. The van der Waals surface area contributed by atoms with Gasteiger partial charge >= 0.3 is 0 Å². The van der Waals surface area contributed by atoms with Crippen molar-refractivity contribution < 1.29 is 14.1 Å². The lowest BCUT2D eigenvalue weighted by molar-refractivity contribution is -0.384. The number of nitro groups is 1. The molecule has 6 rings (SSSR count). The predicted molar refractivity (Wildman–Crippen MR) is 153 cm³/mol. The van der Waals surface area contributed by atoms with Crippen LogP contribution in [0.15, 0.2) is 59.5 Å². The molecule has 1 fully saturated rings. The monoisotopic (exact) mass is 539 g/mol. The molecule has 1 saturated heterocycles. The predicted octanol–water partition coefficient (Wildman–Crippen LogP) is 5.84. The van der Waals surface area contributed by atoms with Crippen molar-refractivity contribution in [3.05, 3.63) is 93.1 Å². The molecule has 2 aliphatic rings. The maximum absolute atomic E-state index is 13.8. The van der Waals surface area contributed by atoms with Gasteiger partial charge in [0.2, 0.25) is 0 Å². The molecule has 3 heterocycles. The van der Waals surface area contributed by atoms with E-state index in [1.54, 1.807) is 11.2 Å². The Morgan fingerprint density at radius 1 is 1.10 bits per heavy atom. The highest BCUT2D eigenvalue weighted by molar-refractivity contribution is 6.06. The van der Waals surface area contributed by atoms with Crippen LogP contribution in [0.2, 0.25) is 0 Å². The fourth-order valence-corrected chi connectivity index (χ4v) is 6.11. The van der Waals surface area contributed by atoms with Crippen molar-refractivity contribution in [2.75, 3.05) is 31.1 Å². The summed E-state index contributed by atoms with van der Waals surface area (Å²) < 4.78 is 5.84. The normalized spacial score (nSPS) is 16.1. The number of aryl methyl sites for hydroxylation is 2. The lowest BCUT2D eigenvalue weighted by Gasteiger charge is -2.34. The summed E-state index contributed by atoms with van der Waals surface area (Å²) in [5.74, 6) is 0.922. The van der Waals surface area contributed by atoms with Crippen LogP contribution in [-0.4, -0.2) is 51.9 Å². The van der Waals surface area contributed by atoms with Crippen LogP contribution < -0.4 is 4.90 Å². The first-order valence-electron chi connectivity index (χ1n) is 14.1. The number of anilines is 1. The van der Waals surface area contributed by atoms with Gasteiger partial charge in [-0.1, -0.05) is 11.6 Å². The lowest BCUT2D eigenvalue weighted by atomic mass is 9.89. The summed E-state index contributed by atoms with van der Waals surface area (Å²) in [6, 6.07) is 12.2. The number of benzene rings is 2. The van der Waals surface area contributed by atoms with Crippen LogP contribution >= 0.6 is 0 Å². The van der Waals surface area contributed by atoms with E-state index in [0.29, 0.717) is 23.8 Å². The van der Waals surface area contributed by atoms with Crippen LogP contribution in [0.3, 0.4) is 0 Å². The average molecular weight is 540 g/mol. The van der Waals surface area contributed by atoms with Gasteiger partial charge in [0.05, 0.1) is 11.2 Å². The van der Waals surface area contributed by atoms with Crippen molar-refractivity contribution in [1.29, 1.82) is 0 Å². The zero-order chi connectivity index (χ0) is 27.6. The van der Waals surface area contributed by atoms with Crippen LogP contribution in [0, 0.1) is 17.0 Å². The van der Waals surface area contributed by atoms with E-state index in [2.05, 4.69) is 33.9 Å². The van der Waals surface area contributed by atoms with Gasteiger partial charge in [0.25, 0.3) is 11.6 Å². The maximum atomic E-state index is 13.8. The molecule has 2 aromatic heterocycles. The van der Waals surface area contributed by atoms with E-state index in [-0.39, 0.29) is 11.6 Å². The topological polar surface area (TPSA) is 106 Å². The number of likely N-dealkylation sites (tertiary alicyclic amines) is 1. The van der Waals surface area contributed by atoms with E-state index in [0.717, 1.165) is 75.0 Å². The molecule has 40 heavy (non-hydrogen) atoms. The Balaban J connectivity index is 1.19. The summed E-state index contributed by atoms with van der Waals surface area (Å²) in [6.45, 7) is 5.18. The van der Waals surface area contributed by atoms with Crippen LogP contribution in [0.25, 0.3) is 11.0 Å². The number of carbonyl (C=O) groups excluding carboxylic acids is 1. The SMILES string of the molecule is Cc1ccc2occ(C3CCN(CCN(C(=O)c4ccc([N+](=O)[O-])cc4)c4ncnc5c4CCCC5)CC3)c2c1. The number of hydrogen-bond acceptors (Lipinski definition) is 7. The molecule has 0 atom stereocenters. The number of nitrogens with zero attached hydrogens (tertiary/aromatic N) is 5. The zero-order valence-corrected chi connectivity index (χ0v) is 22.7. The van der Waals surface area contributed by atoms with Crippen LogP contribution in [0.1, 0.15) is 64.3 Å². The van der Waals surface area contributed by atoms with Gasteiger partial charge in [-0.3, -0.25) is 19.8 Å². The standard InChI is InChI=1S/C31H33N5O4/c1-21-6-11-29-26(18-21)27(19-40-29)22-12-14-34(15-13-22)16-17-35(30-25-4-2-3-5-28(25)32-20-33-30)31(37)23-7-9-24(10-8-23)36(38)39/h6-11,18-20,22H,2-5,12-17H2,1H3. The molecule has 0 unspecified atom stereocenters. The second-order valence-corrected chi connectivity index (χ2v) is 10.9. The minimum absolute atomic E-state index is 0.0362. The molecule has 4 aromatic rings. The summed E-state index contributed by atoms with van der Waals surface area (Å²) in [5.41, 5.74) is 5.90. The molecule has 0 radical (unpaired) electrons. The molecule has 0 bridgehead atoms. The molecular formula is C31H33N5O4. The first-order chi connectivity index (χ1) is 19.5. The fourth-order valence-electron chi connectivity index (χ4n) is 6.11. The van der Waals surface area contributed by atoms with Crippen molar-refractivity contribution in [3.63, 3.8) is 0 Å². The Kier molecular flexibility index (Phi) is 7.30. The number of aromatic nitrogens is 2. The van der Waals surface area contributed by atoms with E-state index in [4.69, 9.17) is 4.42 Å². The first-order valence-corrected chi connectivity index (χ1v) is 14.1. The molecule has 9 heteroatoms. The molecule has 2 aromatic carbocycles. The van der Waals surface area contributed by atoms with E-state index >= 15 is 0 Å². The van der Waals surface area contributed by atoms with Crippen molar-refractivity contribution in [2.24, 2.45) is 0 Å². The Morgan fingerprint density at radius 3 is 2.65 bits per heavy atom. The number of furan rings is 1. The van der Waals surface area contributed by atoms with Gasteiger partial charge in [0.1, 0.15) is 17.7 Å². The van der Waals surface area contributed by atoms with E-state index in [1.165, 1.54) is 40.8 Å². The highest BCUT2D eigenvalue weighted by Gasteiger charge is 2.28. The number of piperidine rings is 1. The van der Waals surface area contributed by atoms with Crippen molar-refractivity contribution >= 4 is 28.4 Å². The third-order valence-electron chi connectivity index (χ3n) is 8.35. The minimum Gasteiger partial charge on any atom is -0.464 e. The minimum atomic E-state index is -0.454. The highest BCUT2D eigenvalue weighted by atomic mass is 16.6. The average Bonchev–Trinajstić information content (AvgIpc) is 3.40. The third-order valence-corrected chi connectivity index (χ3v) is 8.35. The Morgan fingerprint density at radius 2 is 1.88 bits per heavy atom. The van der Waals surface area contributed by atoms with Gasteiger partial charge in [-0.05, 0) is 88.7 Å². The first kappa shape index (κ1) is 26.1. The number of hydrogen-bond donors (Lipinski definition) is 0. The maximum Gasteiger partial charge on any atom is 0.269 e. The molecule has 1 aliphatic carbocycles. The van der Waals surface area contributed by atoms with Gasteiger partial charge in [-0.15, -0.1) is 0 Å². The summed E-state index contributed by atoms with van der Waals surface area (Å²) in [6.07, 6.45) is 9.40. The number of nitro benzene ring substituents is 1. The van der Waals surface area contributed by atoms with Gasteiger partial charge in [0.15, 0.2) is 0 Å². The fraction of sp³-hybridized carbons (Fsp3) is 0.387. The van der Waals surface area contributed by atoms with Gasteiger partial charge in [0, 0.05) is 53.0 Å². The summed E-state index contributed by atoms with van der Waals surface area (Å²) >= 11 is 0. The van der Waals surface area contributed by atoms with Crippen LogP contribution in [0.4, 0.5) is 11.5 Å². The molecule has 206 valence electrons. The van der Waals surface area contributed by atoms with Gasteiger partial charge in [-0.2, -0.15) is 0 Å². The highest BCUT2D eigenvalue weighted by Crippen LogP contribution is 2.35. The molecule has 1 amide bonds. The van der Waals surface area contributed by atoms with Gasteiger partial charge < -0.3 is 9.32 Å². The molecule has 0 saturated carbocycles. The van der Waals surface area contributed by atoms with E-state index in [1.807, 2.05) is 12.3 Å². The Hall–Kier alpha value is -4.11. The number of fused-ring (bicyclic) bond motifs is 2. The van der Waals surface area contributed by atoms with Crippen molar-refractivity contribution in [3.8, 4) is 0 Å². The second-order valence-electron chi connectivity index (χ2n) is 10.9. The molecule has 0 spiro atoms. The third kappa shape index (κ3) is 5.21. The number of amides is 1. The van der Waals surface area contributed by atoms with Crippen LogP contribution in [0.5, 0.6) is 0 Å². The van der Waals surface area contributed by atoms with Crippen LogP contribution in [-0.2, 0) is 12.8 Å². The summed E-state index contributed by atoms with van der Waals surface area (Å²) in [5, 5.41) is 12.4. The van der Waals surface area contributed by atoms with Crippen molar-refractivity contribution in [2.45, 2.75) is 51.4 Å². The number of carbonyl (C=O) groups is 1. The van der Waals surface area contributed by atoms with E-state index < -0.39 is 4.92 Å².